The van der Waals surface area contributed by atoms with Crippen LogP contribution < -0.4 is 5.32 Å². The summed E-state index contributed by atoms with van der Waals surface area (Å²) in [5.74, 6) is 0. The summed E-state index contributed by atoms with van der Waals surface area (Å²) in [6, 6.07) is 0.744. The van der Waals surface area contributed by atoms with Crippen molar-refractivity contribution in [1.82, 2.24) is 10.2 Å². The first kappa shape index (κ1) is 7.53. The predicted octanol–water partition coefficient (Wildman–Crippen LogP) is -0.321. The SMILES string of the molecule is CO[C@H]1C[C@@H]2CNCCN2C1. The van der Waals surface area contributed by atoms with E-state index in [4.69, 9.17) is 4.74 Å². The smallest absolute Gasteiger partial charge is 0.0713 e. The molecule has 0 aromatic carbocycles. The quantitative estimate of drug-likeness (QED) is 0.563. The topological polar surface area (TPSA) is 24.5 Å². The Hall–Kier alpha value is -0.120. The molecule has 3 nitrogen and oxygen atoms in total. The Morgan fingerprint density at radius 2 is 2.45 bits per heavy atom. The summed E-state index contributed by atoms with van der Waals surface area (Å²) in [6.07, 6.45) is 1.70. The molecule has 2 saturated heterocycles. The van der Waals surface area contributed by atoms with Crippen LogP contribution in [-0.2, 0) is 4.74 Å². The van der Waals surface area contributed by atoms with Crippen LogP contribution in [0.5, 0.6) is 0 Å². The van der Waals surface area contributed by atoms with E-state index in [2.05, 4.69) is 10.2 Å². The minimum Gasteiger partial charge on any atom is -0.380 e. The van der Waals surface area contributed by atoms with Crippen LogP contribution in [0.4, 0.5) is 0 Å². The standard InChI is InChI=1S/C8H16N2O/c1-11-8-4-7-5-9-2-3-10(7)6-8/h7-9H,2-6H2,1H3/t7-,8+/m1/s1. The highest BCUT2D eigenvalue weighted by atomic mass is 16.5. The van der Waals surface area contributed by atoms with Crippen molar-refractivity contribution in [2.24, 2.45) is 0 Å². The average molecular weight is 156 g/mol. The van der Waals surface area contributed by atoms with E-state index in [1.165, 1.54) is 13.0 Å². The molecule has 3 heteroatoms. The lowest BCUT2D eigenvalue weighted by atomic mass is 10.2. The Morgan fingerprint density at radius 1 is 1.55 bits per heavy atom. The van der Waals surface area contributed by atoms with Gasteiger partial charge in [-0.15, -0.1) is 0 Å². The van der Waals surface area contributed by atoms with E-state index >= 15 is 0 Å². The zero-order valence-electron chi connectivity index (χ0n) is 7.05. The molecule has 2 rings (SSSR count). The Balaban J connectivity index is 1.92. The maximum absolute atomic E-state index is 5.33. The first-order chi connectivity index (χ1) is 5.40. The largest absolute Gasteiger partial charge is 0.380 e. The predicted molar refractivity (Wildman–Crippen MR) is 43.6 cm³/mol. The fourth-order valence-electron chi connectivity index (χ4n) is 2.09. The molecular formula is C8H16N2O. The highest BCUT2D eigenvalue weighted by Gasteiger charge is 2.33. The molecule has 0 aliphatic carbocycles. The van der Waals surface area contributed by atoms with Crippen molar-refractivity contribution in [1.29, 1.82) is 0 Å². The van der Waals surface area contributed by atoms with E-state index in [-0.39, 0.29) is 0 Å². The molecule has 2 aliphatic heterocycles. The van der Waals surface area contributed by atoms with Crippen molar-refractivity contribution in [2.75, 3.05) is 33.3 Å². The van der Waals surface area contributed by atoms with Gasteiger partial charge >= 0.3 is 0 Å². The number of ether oxygens (including phenoxy) is 1. The normalized spacial score (nSPS) is 39.0. The van der Waals surface area contributed by atoms with E-state index in [9.17, 15) is 0 Å². The van der Waals surface area contributed by atoms with Crippen LogP contribution in [0.3, 0.4) is 0 Å². The van der Waals surface area contributed by atoms with Gasteiger partial charge in [0.1, 0.15) is 0 Å². The average Bonchev–Trinajstić information content (AvgIpc) is 2.46. The van der Waals surface area contributed by atoms with Crippen LogP contribution in [0.2, 0.25) is 0 Å². The van der Waals surface area contributed by atoms with Gasteiger partial charge in [0.25, 0.3) is 0 Å². The molecule has 0 amide bonds. The van der Waals surface area contributed by atoms with E-state index in [0.717, 1.165) is 25.7 Å². The molecule has 64 valence electrons. The third-order valence-corrected chi connectivity index (χ3v) is 2.78. The van der Waals surface area contributed by atoms with Gasteiger partial charge in [-0.25, -0.2) is 0 Å². The zero-order valence-corrected chi connectivity index (χ0v) is 7.05. The summed E-state index contributed by atoms with van der Waals surface area (Å²) in [5, 5.41) is 3.40. The van der Waals surface area contributed by atoms with Gasteiger partial charge in [-0.1, -0.05) is 0 Å². The third-order valence-electron chi connectivity index (χ3n) is 2.78. The fourth-order valence-corrected chi connectivity index (χ4v) is 2.09. The summed E-state index contributed by atoms with van der Waals surface area (Å²) < 4.78 is 5.33. The Bertz CT molecular complexity index is 126. The minimum absolute atomic E-state index is 0.486. The van der Waals surface area contributed by atoms with Crippen molar-refractivity contribution in [3.8, 4) is 0 Å². The van der Waals surface area contributed by atoms with E-state index < -0.39 is 0 Å². The van der Waals surface area contributed by atoms with Crippen LogP contribution in [0.15, 0.2) is 0 Å². The molecule has 2 atom stereocenters. The van der Waals surface area contributed by atoms with Crippen molar-refractivity contribution in [3.63, 3.8) is 0 Å². The lowest BCUT2D eigenvalue weighted by Crippen LogP contribution is -2.47. The molecule has 11 heavy (non-hydrogen) atoms. The second-order valence-corrected chi connectivity index (χ2v) is 3.45. The van der Waals surface area contributed by atoms with Gasteiger partial charge in [0, 0.05) is 39.3 Å². The van der Waals surface area contributed by atoms with E-state index in [1.807, 2.05) is 7.11 Å². The van der Waals surface area contributed by atoms with Gasteiger partial charge in [-0.3, -0.25) is 4.90 Å². The number of hydrogen-bond acceptors (Lipinski definition) is 3. The lowest BCUT2D eigenvalue weighted by Gasteiger charge is -2.29. The summed E-state index contributed by atoms with van der Waals surface area (Å²) in [7, 11) is 1.82. The van der Waals surface area contributed by atoms with Crippen molar-refractivity contribution in [3.05, 3.63) is 0 Å². The number of hydrogen-bond donors (Lipinski definition) is 1. The lowest BCUT2D eigenvalue weighted by molar-refractivity contribution is 0.108. The number of piperazine rings is 1. The van der Waals surface area contributed by atoms with Crippen LogP contribution in [0, 0.1) is 0 Å². The number of fused-ring (bicyclic) bond motifs is 1. The summed E-state index contributed by atoms with van der Waals surface area (Å²) >= 11 is 0. The number of nitrogens with one attached hydrogen (secondary N) is 1. The number of nitrogens with zero attached hydrogens (tertiary/aromatic N) is 1. The molecule has 2 aliphatic rings. The van der Waals surface area contributed by atoms with Gasteiger partial charge in [-0.2, -0.15) is 0 Å². The minimum atomic E-state index is 0.486. The zero-order chi connectivity index (χ0) is 7.68. The van der Waals surface area contributed by atoms with E-state index in [1.54, 1.807) is 0 Å². The van der Waals surface area contributed by atoms with Crippen molar-refractivity contribution < 1.29 is 4.74 Å². The molecule has 1 N–H and O–H groups in total. The molecule has 0 aromatic heterocycles. The molecule has 0 bridgehead atoms. The molecule has 2 fully saturated rings. The second-order valence-electron chi connectivity index (χ2n) is 3.45. The van der Waals surface area contributed by atoms with Crippen molar-refractivity contribution >= 4 is 0 Å². The second kappa shape index (κ2) is 3.09. The first-order valence-electron chi connectivity index (χ1n) is 4.37. The van der Waals surface area contributed by atoms with E-state index in [0.29, 0.717) is 6.10 Å². The number of methoxy groups -OCH3 is 1. The summed E-state index contributed by atoms with van der Waals surface area (Å²) in [5.41, 5.74) is 0. The Morgan fingerprint density at radius 3 is 3.18 bits per heavy atom. The van der Waals surface area contributed by atoms with Gasteiger partial charge in [0.05, 0.1) is 6.10 Å². The van der Waals surface area contributed by atoms with Gasteiger partial charge in [-0.05, 0) is 6.42 Å². The monoisotopic (exact) mass is 156 g/mol. The van der Waals surface area contributed by atoms with Crippen LogP contribution in [0.25, 0.3) is 0 Å². The number of rotatable bonds is 1. The Labute approximate surface area is 67.7 Å². The highest BCUT2D eigenvalue weighted by molar-refractivity contribution is 4.90. The summed E-state index contributed by atoms with van der Waals surface area (Å²) in [4.78, 5) is 2.53. The van der Waals surface area contributed by atoms with Crippen LogP contribution in [-0.4, -0.2) is 50.3 Å². The van der Waals surface area contributed by atoms with Crippen LogP contribution >= 0.6 is 0 Å². The molecule has 0 spiro atoms. The third kappa shape index (κ3) is 1.41. The molecule has 0 aromatic rings. The molecular weight excluding hydrogens is 140 g/mol. The molecule has 0 radical (unpaired) electrons. The molecule has 0 saturated carbocycles. The maximum Gasteiger partial charge on any atom is 0.0713 e. The highest BCUT2D eigenvalue weighted by Crippen LogP contribution is 2.20. The maximum atomic E-state index is 5.33. The van der Waals surface area contributed by atoms with Gasteiger partial charge in [0.15, 0.2) is 0 Å². The van der Waals surface area contributed by atoms with Crippen LogP contribution in [0.1, 0.15) is 6.42 Å². The summed E-state index contributed by atoms with van der Waals surface area (Å²) in [6.45, 7) is 4.64. The Kier molecular flexibility index (Phi) is 2.11. The molecule has 0 unspecified atom stereocenters. The fraction of sp³-hybridized carbons (Fsp3) is 1.00. The van der Waals surface area contributed by atoms with Gasteiger partial charge in [0.2, 0.25) is 0 Å². The van der Waals surface area contributed by atoms with Crippen molar-refractivity contribution in [2.45, 2.75) is 18.6 Å². The first-order valence-corrected chi connectivity index (χ1v) is 4.37. The molecule has 2 heterocycles. The van der Waals surface area contributed by atoms with Gasteiger partial charge < -0.3 is 10.1 Å².